The molecule has 2 bridgehead atoms. The van der Waals surface area contributed by atoms with E-state index in [1.54, 1.807) is 0 Å². The highest BCUT2D eigenvalue weighted by molar-refractivity contribution is 5.14. The zero-order chi connectivity index (χ0) is 9.85. The molecule has 2 N–H and O–H groups in total. The van der Waals surface area contributed by atoms with Crippen molar-refractivity contribution in [3.8, 4) is 0 Å². The van der Waals surface area contributed by atoms with E-state index in [4.69, 9.17) is 0 Å². The van der Waals surface area contributed by atoms with E-state index in [9.17, 15) is 10.2 Å². The van der Waals surface area contributed by atoms with Gasteiger partial charge in [-0.1, -0.05) is 20.8 Å². The molecule has 0 aromatic rings. The van der Waals surface area contributed by atoms with Crippen molar-refractivity contribution in [1.29, 1.82) is 0 Å². The first-order valence-electron chi connectivity index (χ1n) is 5.24. The third-order valence-electron chi connectivity index (χ3n) is 5.16. The molecule has 2 heteroatoms. The first kappa shape index (κ1) is 9.47. The van der Waals surface area contributed by atoms with Crippen LogP contribution in [0.3, 0.4) is 0 Å². The van der Waals surface area contributed by atoms with Crippen LogP contribution in [0.5, 0.6) is 0 Å². The Morgan fingerprint density at radius 1 is 1.31 bits per heavy atom. The molecule has 0 radical (unpaired) electrons. The van der Waals surface area contributed by atoms with E-state index < -0.39 is 0 Å². The number of aliphatic hydroxyl groups is 2. The van der Waals surface area contributed by atoms with Gasteiger partial charge in [-0.25, -0.2) is 0 Å². The van der Waals surface area contributed by atoms with Gasteiger partial charge in [-0.05, 0) is 29.6 Å². The minimum absolute atomic E-state index is 0.0328. The number of hydrogen-bond donors (Lipinski definition) is 2. The van der Waals surface area contributed by atoms with Crippen LogP contribution in [0.15, 0.2) is 0 Å². The van der Waals surface area contributed by atoms with Gasteiger partial charge in [0, 0.05) is 12.5 Å². The summed E-state index contributed by atoms with van der Waals surface area (Å²) in [4.78, 5) is 0. The zero-order valence-corrected chi connectivity index (χ0v) is 8.75. The van der Waals surface area contributed by atoms with Gasteiger partial charge < -0.3 is 10.2 Å². The third kappa shape index (κ3) is 0.861. The lowest BCUT2D eigenvalue weighted by Crippen LogP contribution is -2.38. The Morgan fingerprint density at radius 2 is 1.92 bits per heavy atom. The Kier molecular flexibility index (Phi) is 1.81. The smallest absolute Gasteiger partial charge is 0.0651 e. The molecule has 13 heavy (non-hydrogen) atoms. The molecule has 0 aromatic carbocycles. The molecule has 0 spiro atoms. The monoisotopic (exact) mass is 184 g/mol. The minimum atomic E-state index is -0.300. The highest BCUT2D eigenvalue weighted by Gasteiger charge is 2.65. The van der Waals surface area contributed by atoms with E-state index in [1.807, 2.05) is 0 Å². The van der Waals surface area contributed by atoms with Crippen LogP contribution in [0.2, 0.25) is 0 Å². The van der Waals surface area contributed by atoms with Crippen molar-refractivity contribution in [2.24, 2.45) is 22.7 Å². The van der Waals surface area contributed by atoms with Crippen molar-refractivity contribution >= 4 is 0 Å². The summed E-state index contributed by atoms with van der Waals surface area (Å²) in [5.41, 5.74) is 0.227. The first-order chi connectivity index (χ1) is 5.95. The number of aliphatic hydroxyl groups excluding tert-OH is 2. The Bertz CT molecular complexity index is 224. The van der Waals surface area contributed by atoms with Crippen molar-refractivity contribution in [2.45, 2.75) is 39.7 Å². The SMILES string of the molecule is CC1(C)[C@@H]2CC[C@]1(C)[C@@H](O)C2CO. The standard InChI is InChI=1S/C11H20O2/c1-10(2)8-4-5-11(10,3)9(13)7(8)6-12/h7-9,12-13H,4-6H2,1-3H3/t7?,8-,9+,11-/m1/s1. The van der Waals surface area contributed by atoms with Crippen LogP contribution in [-0.4, -0.2) is 22.9 Å². The van der Waals surface area contributed by atoms with Crippen molar-refractivity contribution in [2.75, 3.05) is 6.61 Å². The Morgan fingerprint density at radius 3 is 2.23 bits per heavy atom. The summed E-state index contributed by atoms with van der Waals surface area (Å²) in [6.45, 7) is 6.80. The molecule has 0 aliphatic heterocycles. The van der Waals surface area contributed by atoms with Gasteiger partial charge in [-0.15, -0.1) is 0 Å². The Balaban J connectivity index is 2.39. The fourth-order valence-corrected chi connectivity index (χ4v) is 3.76. The predicted molar refractivity (Wildman–Crippen MR) is 51.2 cm³/mol. The fourth-order valence-electron chi connectivity index (χ4n) is 3.76. The van der Waals surface area contributed by atoms with Crippen molar-refractivity contribution in [1.82, 2.24) is 0 Å². The maximum atomic E-state index is 10.1. The van der Waals surface area contributed by atoms with Gasteiger partial charge >= 0.3 is 0 Å². The number of rotatable bonds is 1. The zero-order valence-electron chi connectivity index (χ0n) is 8.75. The molecule has 2 fully saturated rings. The lowest BCUT2D eigenvalue weighted by atomic mass is 9.70. The first-order valence-corrected chi connectivity index (χ1v) is 5.24. The lowest BCUT2D eigenvalue weighted by molar-refractivity contribution is -0.0236. The minimum Gasteiger partial charge on any atom is -0.396 e. The maximum Gasteiger partial charge on any atom is 0.0651 e. The van der Waals surface area contributed by atoms with Gasteiger partial charge in [-0.3, -0.25) is 0 Å². The maximum absolute atomic E-state index is 10.1. The average Bonchev–Trinajstić information content (AvgIpc) is 2.36. The summed E-state index contributed by atoms with van der Waals surface area (Å²) in [6.07, 6.45) is 1.99. The molecule has 76 valence electrons. The second-order valence-electron chi connectivity index (χ2n) is 5.58. The van der Waals surface area contributed by atoms with Crippen LogP contribution in [0.25, 0.3) is 0 Å². The molecular formula is C11H20O2. The quantitative estimate of drug-likeness (QED) is 0.647. The van der Waals surface area contributed by atoms with Gasteiger partial charge in [0.1, 0.15) is 0 Å². The molecule has 0 heterocycles. The number of hydrogen-bond acceptors (Lipinski definition) is 2. The molecule has 0 saturated heterocycles. The second-order valence-corrected chi connectivity index (χ2v) is 5.58. The predicted octanol–water partition coefficient (Wildman–Crippen LogP) is 1.41. The lowest BCUT2D eigenvalue weighted by Gasteiger charge is -2.37. The Labute approximate surface area is 80.0 Å². The highest BCUT2D eigenvalue weighted by Crippen LogP contribution is 2.67. The van der Waals surface area contributed by atoms with Gasteiger partial charge in [0.2, 0.25) is 0 Å². The van der Waals surface area contributed by atoms with E-state index in [0.29, 0.717) is 5.92 Å². The van der Waals surface area contributed by atoms with Crippen molar-refractivity contribution in [3.05, 3.63) is 0 Å². The molecule has 4 atom stereocenters. The van der Waals surface area contributed by atoms with Crippen LogP contribution in [-0.2, 0) is 0 Å². The molecule has 0 aromatic heterocycles. The molecule has 2 saturated carbocycles. The third-order valence-corrected chi connectivity index (χ3v) is 5.16. The van der Waals surface area contributed by atoms with E-state index >= 15 is 0 Å². The largest absolute Gasteiger partial charge is 0.396 e. The topological polar surface area (TPSA) is 40.5 Å². The van der Waals surface area contributed by atoms with Gasteiger partial charge in [0.25, 0.3) is 0 Å². The molecular weight excluding hydrogens is 164 g/mol. The fraction of sp³-hybridized carbons (Fsp3) is 1.00. The molecule has 2 aliphatic rings. The Hall–Kier alpha value is -0.0800. The molecule has 2 rings (SSSR count). The van der Waals surface area contributed by atoms with Gasteiger partial charge in [0.05, 0.1) is 6.10 Å². The summed E-state index contributed by atoms with van der Waals surface area (Å²) < 4.78 is 0. The summed E-state index contributed by atoms with van der Waals surface area (Å²) in [5.74, 6) is 0.631. The molecule has 0 amide bonds. The van der Waals surface area contributed by atoms with Crippen LogP contribution in [0.1, 0.15) is 33.6 Å². The van der Waals surface area contributed by atoms with Crippen molar-refractivity contribution in [3.63, 3.8) is 0 Å². The van der Waals surface area contributed by atoms with Crippen molar-refractivity contribution < 1.29 is 10.2 Å². The summed E-state index contributed by atoms with van der Waals surface area (Å²) in [6, 6.07) is 0. The van der Waals surface area contributed by atoms with Crippen LogP contribution < -0.4 is 0 Å². The van der Waals surface area contributed by atoms with E-state index in [-0.39, 0.29) is 29.5 Å². The average molecular weight is 184 g/mol. The molecule has 2 nitrogen and oxygen atoms in total. The van der Waals surface area contributed by atoms with Gasteiger partial charge in [-0.2, -0.15) is 0 Å². The second kappa shape index (κ2) is 2.48. The van der Waals surface area contributed by atoms with Crippen LogP contribution >= 0.6 is 0 Å². The molecule has 2 aliphatic carbocycles. The summed E-state index contributed by atoms with van der Waals surface area (Å²) in [7, 11) is 0. The van der Waals surface area contributed by atoms with Crippen LogP contribution in [0, 0.1) is 22.7 Å². The molecule has 1 unspecified atom stereocenters. The van der Waals surface area contributed by atoms with E-state index in [1.165, 1.54) is 6.42 Å². The van der Waals surface area contributed by atoms with E-state index in [0.717, 1.165) is 6.42 Å². The summed E-state index contributed by atoms with van der Waals surface area (Å²) in [5, 5.41) is 19.4. The number of fused-ring (bicyclic) bond motifs is 2. The summed E-state index contributed by atoms with van der Waals surface area (Å²) >= 11 is 0. The highest BCUT2D eigenvalue weighted by atomic mass is 16.3. The normalized spacial score (nSPS) is 52.8. The van der Waals surface area contributed by atoms with Crippen LogP contribution in [0.4, 0.5) is 0 Å². The van der Waals surface area contributed by atoms with E-state index in [2.05, 4.69) is 20.8 Å². The van der Waals surface area contributed by atoms with Gasteiger partial charge in [0.15, 0.2) is 0 Å².